The van der Waals surface area contributed by atoms with Gasteiger partial charge in [-0.2, -0.15) is 0 Å². The number of ketones is 2. The molecule has 2 aromatic carbocycles. The van der Waals surface area contributed by atoms with Gasteiger partial charge in [-0.15, -0.1) is 0 Å². The van der Waals surface area contributed by atoms with Crippen LogP contribution in [0.25, 0.3) is 0 Å². The van der Waals surface area contributed by atoms with Crippen molar-refractivity contribution in [3.05, 3.63) is 57.6 Å². The number of Topliss-reactive ketones (excluding diaryl/α,β-unsaturated/α-hetero) is 2. The predicted octanol–water partition coefficient (Wildman–Crippen LogP) is 8.41. The molecule has 0 spiro atoms. The first-order valence-electron chi connectivity index (χ1n) is 15.5. The second kappa shape index (κ2) is 14.3. The highest BCUT2D eigenvalue weighted by atomic mass is 31.1. The van der Waals surface area contributed by atoms with Crippen LogP contribution in [0.15, 0.2) is 24.3 Å². The minimum absolute atomic E-state index is 0.186. The quantitative estimate of drug-likeness (QED) is 0.227. The lowest BCUT2D eigenvalue weighted by Crippen LogP contribution is -2.18. The van der Waals surface area contributed by atoms with Gasteiger partial charge in [-0.1, -0.05) is 107 Å². The van der Waals surface area contributed by atoms with Crippen LogP contribution >= 0.6 is 8.25 Å². The summed E-state index contributed by atoms with van der Waals surface area (Å²) in [5, 5.41) is 21.8. The average Bonchev–Trinajstić information content (AvgIpc) is 2.86. The Hall–Kier alpha value is -2.47. The molecule has 0 amide bonds. The zero-order chi connectivity index (χ0) is 33.8. The summed E-state index contributed by atoms with van der Waals surface area (Å²) < 4.78 is 22.6. The SMILES string of the molecule is CC(C)(C)c1cc(CCC(=O)CO[PH](=O)OCC(=O)CCc2cc(C(C)(C)C)c(O)c(C(C)(C)C)c2)cc(C(C)(C)C)c1O. The Labute approximate surface area is 265 Å². The van der Waals surface area contributed by atoms with Crippen LogP contribution in [0.4, 0.5) is 0 Å². The Morgan fingerprint density at radius 2 is 0.818 bits per heavy atom. The second-order valence-electron chi connectivity index (χ2n) is 16.0. The molecule has 0 aromatic heterocycles. The molecule has 2 aromatic rings. The van der Waals surface area contributed by atoms with Gasteiger partial charge < -0.3 is 19.3 Å². The Morgan fingerprint density at radius 1 is 0.568 bits per heavy atom. The number of hydrogen-bond acceptors (Lipinski definition) is 7. The highest BCUT2D eigenvalue weighted by Crippen LogP contribution is 2.41. The lowest BCUT2D eigenvalue weighted by molar-refractivity contribution is -0.121. The molecule has 0 fully saturated rings. The minimum Gasteiger partial charge on any atom is -0.507 e. The molecule has 0 saturated carbocycles. The predicted molar refractivity (Wildman–Crippen MR) is 179 cm³/mol. The van der Waals surface area contributed by atoms with Crippen LogP contribution in [-0.4, -0.2) is 35.0 Å². The number of carbonyl (C=O) groups excluding carboxylic acids is 2. The van der Waals surface area contributed by atoms with E-state index in [1.807, 2.05) is 107 Å². The van der Waals surface area contributed by atoms with Crippen LogP contribution in [0, 0.1) is 0 Å². The maximum atomic E-state index is 12.5. The van der Waals surface area contributed by atoms with Crippen LogP contribution in [-0.2, 0) is 57.7 Å². The Kier molecular flexibility index (Phi) is 12.3. The molecule has 0 radical (unpaired) electrons. The third-order valence-electron chi connectivity index (χ3n) is 7.66. The van der Waals surface area contributed by atoms with E-state index in [1.54, 1.807) is 0 Å². The van der Waals surface area contributed by atoms with E-state index < -0.39 is 8.25 Å². The normalized spacial score (nSPS) is 13.0. The van der Waals surface area contributed by atoms with Crippen molar-refractivity contribution in [2.75, 3.05) is 13.2 Å². The van der Waals surface area contributed by atoms with E-state index in [9.17, 15) is 24.4 Å². The van der Waals surface area contributed by atoms with Gasteiger partial charge in [-0.05, 0) is 67.9 Å². The highest BCUT2D eigenvalue weighted by Gasteiger charge is 2.28. The fraction of sp³-hybridized carbons (Fsp3) is 0.611. The molecular weight excluding hydrogens is 575 g/mol. The summed E-state index contributed by atoms with van der Waals surface area (Å²) in [5.41, 5.74) is 4.16. The molecule has 0 saturated heterocycles. The van der Waals surface area contributed by atoms with Gasteiger partial charge in [0.05, 0.1) is 0 Å². The number of phenols is 2. The third-order valence-corrected chi connectivity index (χ3v) is 8.42. The van der Waals surface area contributed by atoms with Crippen molar-refractivity contribution < 1.29 is 33.4 Å². The van der Waals surface area contributed by atoms with Crippen molar-refractivity contribution in [3.8, 4) is 11.5 Å². The molecule has 0 atom stereocenters. The van der Waals surface area contributed by atoms with E-state index >= 15 is 0 Å². The minimum atomic E-state index is -3.02. The Morgan fingerprint density at radius 3 is 1.05 bits per heavy atom. The summed E-state index contributed by atoms with van der Waals surface area (Å²) in [6, 6.07) is 7.79. The zero-order valence-electron chi connectivity index (χ0n) is 29.0. The van der Waals surface area contributed by atoms with Gasteiger partial charge in [0.25, 0.3) is 0 Å². The van der Waals surface area contributed by atoms with E-state index in [4.69, 9.17) is 9.05 Å². The van der Waals surface area contributed by atoms with E-state index in [1.165, 1.54) is 0 Å². The molecule has 0 unspecified atom stereocenters. The molecule has 0 aliphatic rings. The molecule has 7 nitrogen and oxygen atoms in total. The third kappa shape index (κ3) is 10.9. The Bertz CT molecular complexity index is 1190. The number of phenolic OH excluding ortho intramolecular Hbond substituents is 2. The number of carbonyl (C=O) groups is 2. The van der Waals surface area contributed by atoms with Gasteiger partial charge in [0, 0.05) is 12.8 Å². The molecule has 0 aliphatic carbocycles. The fourth-order valence-electron chi connectivity index (χ4n) is 5.00. The van der Waals surface area contributed by atoms with Crippen molar-refractivity contribution >= 4 is 19.8 Å². The highest BCUT2D eigenvalue weighted by molar-refractivity contribution is 7.33. The second-order valence-corrected chi connectivity index (χ2v) is 17.1. The van der Waals surface area contributed by atoms with Gasteiger partial charge in [-0.3, -0.25) is 14.2 Å². The molecule has 0 aliphatic heterocycles. The largest absolute Gasteiger partial charge is 0.507 e. The van der Waals surface area contributed by atoms with Gasteiger partial charge in [0.2, 0.25) is 0 Å². The van der Waals surface area contributed by atoms with E-state index in [0.717, 1.165) is 33.4 Å². The zero-order valence-corrected chi connectivity index (χ0v) is 30.0. The maximum absolute atomic E-state index is 12.5. The first kappa shape index (κ1) is 37.7. The summed E-state index contributed by atoms with van der Waals surface area (Å²) in [7, 11) is -3.02. The molecule has 0 bridgehead atoms. The summed E-state index contributed by atoms with van der Waals surface area (Å²) >= 11 is 0. The molecule has 246 valence electrons. The Balaban J connectivity index is 1.91. The van der Waals surface area contributed by atoms with Crippen molar-refractivity contribution in [2.45, 2.75) is 130 Å². The summed E-state index contributed by atoms with van der Waals surface area (Å²) in [4.78, 5) is 25.1. The molecule has 8 heteroatoms. The van der Waals surface area contributed by atoms with Crippen LogP contribution in [0.5, 0.6) is 11.5 Å². The first-order chi connectivity index (χ1) is 19.9. The molecular formula is C36H55O7P. The van der Waals surface area contributed by atoms with Crippen LogP contribution < -0.4 is 0 Å². The lowest BCUT2D eigenvalue weighted by atomic mass is 9.78. The van der Waals surface area contributed by atoms with Crippen molar-refractivity contribution in [1.82, 2.24) is 0 Å². The topological polar surface area (TPSA) is 110 Å². The molecule has 44 heavy (non-hydrogen) atoms. The molecule has 2 rings (SSSR count). The first-order valence-corrected chi connectivity index (χ1v) is 16.7. The monoisotopic (exact) mass is 630 g/mol. The van der Waals surface area contributed by atoms with Crippen molar-refractivity contribution in [2.24, 2.45) is 0 Å². The van der Waals surface area contributed by atoms with Gasteiger partial charge in [0.1, 0.15) is 24.7 Å². The van der Waals surface area contributed by atoms with Crippen molar-refractivity contribution in [1.29, 1.82) is 0 Å². The number of rotatable bonds is 12. The summed E-state index contributed by atoms with van der Waals surface area (Å²) in [6.45, 7) is 23.8. The maximum Gasteiger partial charge on any atom is 0.319 e. The van der Waals surface area contributed by atoms with Crippen LogP contribution in [0.2, 0.25) is 0 Å². The van der Waals surface area contributed by atoms with E-state index in [-0.39, 0.29) is 59.3 Å². The average molecular weight is 631 g/mol. The standard InChI is InChI=1S/C36H55O7P/c1-33(2,3)27-17-23(18-28(31(27)39)34(4,5)6)13-15-25(37)21-42-44(41)43-22-26(38)16-14-24-19-29(35(7,8)9)32(40)30(20-24)36(10,11)12/h17-20,39-40,44H,13-16,21-22H2,1-12H3. The number of benzene rings is 2. The van der Waals surface area contributed by atoms with Gasteiger partial charge >= 0.3 is 8.25 Å². The number of hydrogen-bond donors (Lipinski definition) is 2. The van der Waals surface area contributed by atoms with Crippen LogP contribution in [0.1, 0.15) is 129 Å². The smallest absolute Gasteiger partial charge is 0.319 e. The van der Waals surface area contributed by atoms with Crippen LogP contribution in [0.3, 0.4) is 0 Å². The van der Waals surface area contributed by atoms with E-state index in [2.05, 4.69) is 0 Å². The molecule has 2 N–H and O–H groups in total. The lowest BCUT2D eigenvalue weighted by Gasteiger charge is -2.28. The van der Waals surface area contributed by atoms with Gasteiger partial charge in [0.15, 0.2) is 11.6 Å². The van der Waals surface area contributed by atoms with Gasteiger partial charge in [-0.25, -0.2) is 0 Å². The molecule has 0 heterocycles. The van der Waals surface area contributed by atoms with Crippen molar-refractivity contribution in [3.63, 3.8) is 0 Å². The fourth-order valence-corrected chi connectivity index (χ4v) is 5.64. The summed E-state index contributed by atoms with van der Waals surface area (Å²) in [6.07, 6.45) is 1.29. The van der Waals surface area contributed by atoms with E-state index in [0.29, 0.717) is 24.3 Å². The summed E-state index contributed by atoms with van der Waals surface area (Å²) in [5.74, 6) is 0.136. The number of aromatic hydroxyl groups is 2. The number of aryl methyl sites for hydroxylation is 2.